The Morgan fingerprint density at radius 1 is 1.43 bits per heavy atom. The zero-order valence-corrected chi connectivity index (χ0v) is 13.1. The minimum atomic E-state index is -0.761. The molecule has 6 heteroatoms. The smallest absolute Gasteiger partial charge is 0.326 e. The summed E-state index contributed by atoms with van der Waals surface area (Å²) in [6.45, 7) is 4.90. The van der Waals surface area contributed by atoms with Crippen LogP contribution in [0, 0.1) is 0 Å². The molecule has 0 radical (unpaired) electrons. The molecule has 2 aromatic heterocycles. The van der Waals surface area contributed by atoms with Gasteiger partial charge in [-0.3, -0.25) is 0 Å². The molecule has 21 heavy (non-hydrogen) atoms. The van der Waals surface area contributed by atoms with E-state index in [2.05, 4.69) is 23.0 Å². The highest BCUT2D eigenvalue weighted by molar-refractivity contribution is 7.18. The number of thiophene rings is 1. The fourth-order valence-corrected chi connectivity index (χ4v) is 3.81. The minimum absolute atomic E-state index is 0.460. The van der Waals surface area contributed by atoms with Gasteiger partial charge in [0.25, 0.3) is 0 Å². The van der Waals surface area contributed by atoms with Gasteiger partial charge in [0.15, 0.2) is 0 Å². The van der Waals surface area contributed by atoms with Crippen molar-refractivity contribution in [3.8, 4) is 0 Å². The summed E-state index contributed by atoms with van der Waals surface area (Å²) in [4.78, 5) is 24.9. The van der Waals surface area contributed by atoms with Crippen LogP contribution in [0.15, 0.2) is 6.07 Å². The van der Waals surface area contributed by atoms with Gasteiger partial charge in [0.05, 0.1) is 5.39 Å². The van der Waals surface area contributed by atoms with Crippen molar-refractivity contribution >= 4 is 33.3 Å². The third-order valence-corrected chi connectivity index (χ3v) is 5.12. The van der Waals surface area contributed by atoms with Crippen molar-refractivity contribution in [3.05, 3.63) is 16.8 Å². The predicted octanol–water partition coefficient (Wildman–Crippen LogP) is 2.87. The number of aromatic nitrogens is 2. The fraction of sp³-hybridized carbons (Fsp3) is 0.533. The lowest BCUT2D eigenvalue weighted by Crippen LogP contribution is -2.36. The Balaban J connectivity index is 2.15. The summed E-state index contributed by atoms with van der Waals surface area (Å²) in [5.41, 5.74) is 0. The molecule has 0 aliphatic carbocycles. The van der Waals surface area contributed by atoms with Crippen LogP contribution in [0.5, 0.6) is 0 Å². The lowest BCUT2D eigenvalue weighted by Gasteiger charge is -2.23. The SMILES string of the molecule is CCc1nc(N2CCCC2C(=O)O)c2cc(CC)sc2n1. The number of carboxylic acids is 1. The molecule has 3 rings (SSSR count). The topological polar surface area (TPSA) is 66.3 Å². The summed E-state index contributed by atoms with van der Waals surface area (Å²) in [6.07, 6.45) is 3.31. The molecule has 1 aliphatic heterocycles. The third kappa shape index (κ3) is 2.48. The highest BCUT2D eigenvalue weighted by atomic mass is 32.1. The van der Waals surface area contributed by atoms with E-state index in [-0.39, 0.29) is 0 Å². The van der Waals surface area contributed by atoms with E-state index in [0.29, 0.717) is 6.42 Å². The van der Waals surface area contributed by atoms with Gasteiger partial charge in [-0.25, -0.2) is 14.8 Å². The molecule has 112 valence electrons. The largest absolute Gasteiger partial charge is 0.480 e. The van der Waals surface area contributed by atoms with Crippen LogP contribution in [0.4, 0.5) is 5.82 Å². The highest BCUT2D eigenvalue weighted by Crippen LogP contribution is 2.34. The van der Waals surface area contributed by atoms with E-state index in [1.54, 1.807) is 11.3 Å². The molecule has 0 bridgehead atoms. The fourth-order valence-electron chi connectivity index (χ4n) is 2.83. The van der Waals surface area contributed by atoms with Crippen LogP contribution < -0.4 is 4.90 Å². The Labute approximate surface area is 127 Å². The molecule has 5 nitrogen and oxygen atoms in total. The number of hydrogen-bond donors (Lipinski definition) is 1. The molecule has 1 fully saturated rings. The maximum absolute atomic E-state index is 11.5. The lowest BCUT2D eigenvalue weighted by atomic mass is 10.2. The first-order chi connectivity index (χ1) is 10.1. The molecule has 1 aliphatic rings. The van der Waals surface area contributed by atoms with Gasteiger partial charge in [0.1, 0.15) is 22.5 Å². The number of aryl methyl sites for hydroxylation is 2. The first kappa shape index (κ1) is 14.3. The van der Waals surface area contributed by atoms with Crippen molar-refractivity contribution < 1.29 is 9.90 Å². The molecular formula is C15H19N3O2S. The van der Waals surface area contributed by atoms with Crippen molar-refractivity contribution in [2.45, 2.75) is 45.6 Å². The Morgan fingerprint density at radius 2 is 2.24 bits per heavy atom. The van der Waals surface area contributed by atoms with Crippen molar-refractivity contribution in [3.63, 3.8) is 0 Å². The maximum Gasteiger partial charge on any atom is 0.326 e. The Kier molecular flexibility index (Phi) is 3.80. The molecule has 3 heterocycles. The second-order valence-electron chi connectivity index (χ2n) is 5.29. The average Bonchev–Trinajstić information content (AvgIpc) is 3.11. The van der Waals surface area contributed by atoms with Crippen LogP contribution in [0.1, 0.15) is 37.4 Å². The summed E-state index contributed by atoms with van der Waals surface area (Å²) in [6, 6.07) is 1.66. The molecule has 0 saturated carbocycles. The zero-order chi connectivity index (χ0) is 15.0. The molecular weight excluding hydrogens is 286 g/mol. The van der Waals surface area contributed by atoms with Crippen molar-refractivity contribution in [2.24, 2.45) is 0 Å². The zero-order valence-electron chi connectivity index (χ0n) is 12.3. The molecule has 1 unspecified atom stereocenters. The van der Waals surface area contributed by atoms with Crippen LogP contribution in [0.25, 0.3) is 10.2 Å². The second-order valence-corrected chi connectivity index (χ2v) is 6.41. The molecule has 0 aromatic carbocycles. The summed E-state index contributed by atoms with van der Waals surface area (Å²) in [5.74, 6) is 0.832. The molecule has 1 saturated heterocycles. The van der Waals surface area contributed by atoms with E-state index in [1.807, 2.05) is 11.8 Å². The quantitative estimate of drug-likeness (QED) is 0.941. The summed E-state index contributed by atoms with van der Waals surface area (Å²) >= 11 is 1.68. The normalized spacial score (nSPS) is 18.6. The van der Waals surface area contributed by atoms with E-state index in [0.717, 1.165) is 47.7 Å². The highest BCUT2D eigenvalue weighted by Gasteiger charge is 2.33. The minimum Gasteiger partial charge on any atom is -0.480 e. The Hall–Kier alpha value is -1.69. The van der Waals surface area contributed by atoms with Gasteiger partial charge in [-0.05, 0) is 25.3 Å². The van der Waals surface area contributed by atoms with Crippen LogP contribution in [-0.2, 0) is 17.6 Å². The van der Waals surface area contributed by atoms with Crippen LogP contribution >= 0.6 is 11.3 Å². The monoisotopic (exact) mass is 305 g/mol. The van der Waals surface area contributed by atoms with Crippen molar-refractivity contribution in [1.29, 1.82) is 0 Å². The van der Waals surface area contributed by atoms with Crippen molar-refractivity contribution in [2.75, 3.05) is 11.4 Å². The first-order valence-corrected chi connectivity index (χ1v) is 8.24. The Morgan fingerprint density at radius 3 is 2.90 bits per heavy atom. The first-order valence-electron chi connectivity index (χ1n) is 7.42. The molecule has 1 atom stereocenters. The average molecular weight is 305 g/mol. The number of nitrogens with zero attached hydrogens (tertiary/aromatic N) is 3. The second kappa shape index (κ2) is 5.60. The number of anilines is 1. The van der Waals surface area contributed by atoms with Gasteiger partial charge < -0.3 is 10.0 Å². The van der Waals surface area contributed by atoms with E-state index >= 15 is 0 Å². The summed E-state index contributed by atoms with van der Waals surface area (Å²) in [7, 11) is 0. The van der Waals surface area contributed by atoms with Crippen molar-refractivity contribution in [1.82, 2.24) is 9.97 Å². The third-order valence-electron chi connectivity index (χ3n) is 3.94. The van der Waals surface area contributed by atoms with Gasteiger partial charge in [-0.15, -0.1) is 11.3 Å². The van der Waals surface area contributed by atoms with E-state index in [1.165, 1.54) is 4.88 Å². The molecule has 2 aromatic rings. The van der Waals surface area contributed by atoms with Gasteiger partial charge in [0.2, 0.25) is 0 Å². The van der Waals surface area contributed by atoms with E-state index in [9.17, 15) is 9.90 Å². The summed E-state index contributed by atoms with van der Waals surface area (Å²) < 4.78 is 0. The number of aliphatic carboxylic acids is 1. The van der Waals surface area contributed by atoms with Crippen LogP contribution in [0.3, 0.4) is 0 Å². The number of carbonyl (C=O) groups is 1. The van der Waals surface area contributed by atoms with E-state index in [4.69, 9.17) is 0 Å². The van der Waals surface area contributed by atoms with Gasteiger partial charge in [-0.1, -0.05) is 13.8 Å². The lowest BCUT2D eigenvalue weighted by molar-refractivity contribution is -0.138. The standard InChI is InChI=1S/C15H19N3O2S/c1-3-9-8-10-13(16-12(4-2)17-14(10)21-9)18-7-5-6-11(18)15(19)20/h8,11H,3-7H2,1-2H3,(H,19,20). The molecule has 0 amide bonds. The molecule has 0 spiro atoms. The van der Waals surface area contributed by atoms with E-state index < -0.39 is 12.0 Å². The summed E-state index contributed by atoms with van der Waals surface area (Å²) in [5, 5.41) is 10.4. The maximum atomic E-state index is 11.5. The van der Waals surface area contributed by atoms with Crippen LogP contribution in [0.2, 0.25) is 0 Å². The molecule has 1 N–H and O–H groups in total. The van der Waals surface area contributed by atoms with Crippen LogP contribution in [-0.4, -0.2) is 33.6 Å². The number of fused-ring (bicyclic) bond motifs is 1. The number of rotatable bonds is 4. The van der Waals surface area contributed by atoms with Gasteiger partial charge in [-0.2, -0.15) is 0 Å². The predicted molar refractivity (Wildman–Crippen MR) is 84.2 cm³/mol. The number of carboxylic acid groups (broad SMARTS) is 1. The van der Waals surface area contributed by atoms with Gasteiger partial charge >= 0.3 is 5.97 Å². The Bertz CT molecular complexity index is 683. The van der Waals surface area contributed by atoms with Gasteiger partial charge in [0, 0.05) is 17.8 Å². The number of hydrogen-bond acceptors (Lipinski definition) is 5.